The monoisotopic (exact) mass is 181 g/mol. The van der Waals surface area contributed by atoms with Gasteiger partial charge in [-0.3, -0.25) is 4.79 Å². The second-order valence-electron chi connectivity index (χ2n) is 2.59. The van der Waals surface area contributed by atoms with E-state index in [0.717, 1.165) is 17.3 Å². The largest absolute Gasteiger partial charge is 0.361 e. The number of thioether (sulfide) groups is 1. The van der Waals surface area contributed by atoms with Crippen LogP contribution in [0, 0.1) is 6.92 Å². The quantitative estimate of drug-likeness (QED) is 0.760. The van der Waals surface area contributed by atoms with Crippen molar-refractivity contribution in [2.75, 3.05) is 0 Å². The third-order valence-corrected chi connectivity index (χ3v) is 2.26. The van der Waals surface area contributed by atoms with Gasteiger partial charge in [0.05, 0.1) is 0 Å². The molecule has 0 heterocycles. The number of amides is 1. The lowest BCUT2D eigenvalue weighted by Gasteiger charge is -1.98. The molecule has 0 aliphatic carbocycles. The fourth-order valence-corrected chi connectivity index (χ4v) is 1.34. The van der Waals surface area contributed by atoms with Crippen LogP contribution in [0.5, 0.6) is 0 Å². The van der Waals surface area contributed by atoms with Crippen LogP contribution in [-0.2, 0) is 5.75 Å². The summed E-state index contributed by atoms with van der Waals surface area (Å²) >= 11 is 1.13. The number of hydrogen-bond acceptors (Lipinski definition) is 2. The molecule has 12 heavy (non-hydrogen) atoms. The number of aryl methyl sites for hydroxylation is 1. The van der Waals surface area contributed by atoms with Crippen LogP contribution in [0.2, 0.25) is 0 Å². The maximum atomic E-state index is 10.4. The van der Waals surface area contributed by atoms with Gasteiger partial charge in [0.15, 0.2) is 0 Å². The first-order valence-electron chi connectivity index (χ1n) is 3.66. The molecule has 0 bridgehead atoms. The molecule has 1 amide bonds. The summed E-state index contributed by atoms with van der Waals surface area (Å²) in [6.45, 7) is 2.03. The van der Waals surface area contributed by atoms with Gasteiger partial charge in [0.2, 0.25) is 0 Å². The predicted molar refractivity (Wildman–Crippen MR) is 52.1 cm³/mol. The molecule has 0 aliphatic rings. The maximum Gasteiger partial charge on any atom is 0.276 e. The zero-order valence-corrected chi connectivity index (χ0v) is 7.73. The van der Waals surface area contributed by atoms with E-state index in [4.69, 9.17) is 5.73 Å². The van der Waals surface area contributed by atoms with E-state index in [9.17, 15) is 4.79 Å². The van der Waals surface area contributed by atoms with Crippen molar-refractivity contribution in [1.82, 2.24) is 0 Å². The van der Waals surface area contributed by atoms with Gasteiger partial charge in [-0.1, -0.05) is 41.6 Å². The highest BCUT2D eigenvalue weighted by Crippen LogP contribution is 2.12. The average molecular weight is 181 g/mol. The van der Waals surface area contributed by atoms with E-state index in [0.29, 0.717) is 5.75 Å². The van der Waals surface area contributed by atoms with E-state index in [2.05, 4.69) is 0 Å². The van der Waals surface area contributed by atoms with Crippen molar-refractivity contribution in [2.24, 2.45) is 5.73 Å². The summed E-state index contributed by atoms with van der Waals surface area (Å²) in [7, 11) is 0. The van der Waals surface area contributed by atoms with Crippen molar-refractivity contribution >= 4 is 17.0 Å². The summed E-state index contributed by atoms with van der Waals surface area (Å²) in [5, 5.41) is -0.324. The second-order valence-corrected chi connectivity index (χ2v) is 3.57. The summed E-state index contributed by atoms with van der Waals surface area (Å²) < 4.78 is 0. The zero-order valence-electron chi connectivity index (χ0n) is 6.91. The van der Waals surface area contributed by atoms with Crippen LogP contribution >= 0.6 is 11.8 Å². The first-order chi connectivity index (χ1) is 5.68. The van der Waals surface area contributed by atoms with E-state index in [1.807, 2.05) is 31.2 Å². The smallest absolute Gasteiger partial charge is 0.276 e. The van der Waals surface area contributed by atoms with Crippen molar-refractivity contribution in [3.63, 3.8) is 0 Å². The molecule has 1 aromatic rings. The SMILES string of the molecule is Cc1ccc(CSC(N)=O)cc1. The fourth-order valence-electron chi connectivity index (χ4n) is 0.839. The number of hydrogen-bond donors (Lipinski definition) is 1. The fraction of sp³-hybridized carbons (Fsp3) is 0.222. The Labute approximate surface area is 76.2 Å². The Hall–Kier alpha value is -0.960. The Balaban J connectivity index is 2.53. The van der Waals surface area contributed by atoms with Crippen molar-refractivity contribution in [3.05, 3.63) is 35.4 Å². The van der Waals surface area contributed by atoms with Gasteiger partial charge in [-0.05, 0) is 12.5 Å². The minimum absolute atomic E-state index is 0.324. The lowest BCUT2D eigenvalue weighted by atomic mass is 10.2. The Morgan fingerprint density at radius 3 is 2.50 bits per heavy atom. The van der Waals surface area contributed by atoms with Crippen LogP contribution in [0.3, 0.4) is 0 Å². The molecule has 0 spiro atoms. The minimum atomic E-state index is -0.324. The van der Waals surface area contributed by atoms with Crippen LogP contribution < -0.4 is 5.73 Å². The molecule has 0 aliphatic heterocycles. The number of carbonyl (C=O) groups is 1. The molecule has 1 rings (SSSR count). The lowest BCUT2D eigenvalue weighted by Crippen LogP contribution is -2.02. The first-order valence-corrected chi connectivity index (χ1v) is 4.65. The molecule has 2 nitrogen and oxygen atoms in total. The zero-order chi connectivity index (χ0) is 8.97. The molecule has 0 saturated heterocycles. The van der Waals surface area contributed by atoms with E-state index < -0.39 is 0 Å². The summed E-state index contributed by atoms with van der Waals surface area (Å²) in [4.78, 5) is 10.4. The van der Waals surface area contributed by atoms with Crippen LogP contribution in [0.1, 0.15) is 11.1 Å². The molecule has 0 unspecified atom stereocenters. The number of rotatable bonds is 2. The second kappa shape index (κ2) is 4.16. The topological polar surface area (TPSA) is 43.1 Å². The van der Waals surface area contributed by atoms with Crippen LogP contribution in [0.15, 0.2) is 24.3 Å². The van der Waals surface area contributed by atoms with Gasteiger partial charge in [-0.2, -0.15) is 0 Å². The predicted octanol–water partition coefficient (Wildman–Crippen LogP) is 2.31. The third-order valence-electron chi connectivity index (χ3n) is 1.50. The molecule has 0 atom stereocenters. The third kappa shape index (κ3) is 2.96. The molecule has 0 radical (unpaired) electrons. The van der Waals surface area contributed by atoms with E-state index in [1.54, 1.807) is 0 Å². The molecule has 3 heteroatoms. The van der Waals surface area contributed by atoms with E-state index in [1.165, 1.54) is 5.56 Å². The highest BCUT2D eigenvalue weighted by Gasteiger charge is 1.96. The van der Waals surface area contributed by atoms with Gasteiger partial charge in [0.25, 0.3) is 5.24 Å². The summed E-state index contributed by atoms with van der Waals surface area (Å²) in [6, 6.07) is 8.06. The van der Waals surface area contributed by atoms with E-state index in [-0.39, 0.29) is 5.24 Å². The first kappa shape index (κ1) is 9.13. The van der Waals surface area contributed by atoms with Gasteiger partial charge in [0.1, 0.15) is 0 Å². The Kier molecular flexibility index (Phi) is 3.17. The van der Waals surface area contributed by atoms with Gasteiger partial charge >= 0.3 is 0 Å². The number of primary amides is 1. The highest BCUT2D eigenvalue weighted by molar-refractivity contribution is 8.12. The van der Waals surface area contributed by atoms with Crippen molar-refractivity contribution in [3.8, 4) is 0 Å². The highest BCUT2D eigenvalue weighted by atomic mass is 32.2. The molecule has 1 aromatic carbocycles. The van der Waals surface area contributed by atoms with Gasteiger partial charge in [0, 0.05) is 5.75 Å². The number of carbonyl (C=O) groups excluding carboxylic acids is 1. The van der Waals surface area contributed by atoms with Crippen LogP contribution in [0.25, 0.3) is 0 Å². The Bertz CT molecular complexity index is 268. The Morgan fingerprint density at radius 2 is 2.00 bits per heavy atom. The normalized spacial score (nSPS) is 9.75. The molecule has 64 valence electrons. The molecule has 0 saturated carbocycles. The standard InChI is InChI=1S/C9H11NOS/c1-7-2-4-8(5-3-7)6-12-9(10)11/h2-5H,6H2,1H3,(H2,10,11). The minimum Gasteiger partial charge on any atom is -0.361 e. The van der Waals surface area contributed by atoms with Crippen LogP contribution in [-0.4, -0.2) is 5.24 Å². The maximum absolute atomic E-state index is 10.4. The average Bonchev–Trinajstić information content (AvgIpc) is 2.03. The number of benzene rings is 1. The van der Waals surface area contributed by atoms with Crippen molar-refractivity contribution < 1.29 is 4.79 Å². The van der Waals surface area contributed by atoms with Gasteiger partial charge < -0.3 is 5.73 Å². The summed E-state index contributed by atoms with van der Waals surface area (Å²) in [5.41, 5.74) is 7.35. The van der Waals surface area contributed by atoms with Gasteiger partial charge in [-0.15, -0.1) is 0 Å². The molecular weight excluding hydrogens is 170 g/mol. The molecule has 2 N–H and O–H groups in total. The molecular formula is C9H11NOS. The van der Waals surface area contributed by atoms with Crippen molar-refractivity contribution in [1.29, 1.82) is 0 Å². The van der Waals surface area contributed by atoms with E-state index >= 15 is 0 Å². The number of nitrogens with two attached hydrogens (primary N) is 1. The lowest BCUT2D eigenvalue weighted by molar-refractivity contribution is 0.267. The van der Waals surface area contributed by atoms with Crippen molar-refractivity contribution in [2.45, 2.75) is 12.7 Å². The molecule has 0 aromatic heterocycles. The Morgan fingerprint density at radius 1 is 1.42 bits per heavy atom. The van der Waals surface area contributed by atoms with Gasteiger partial charge in [-0.25, -0.2) is 0 Å². The van der Waals surface area contributed by atoms with Crippen LogP contribution in [0.4, 0.5) is 4.79 Å². The summed E-state index contributed by atoms with van der Waals surface area (Å²) in [6.07, 6.45) is 0. The summed E-state index contributed by atoms with van der Waals surface area (Å²) in [5.74, 6) is 0.662. The molecule has 0 fully saturated rings.